The van der Waals surface area contributed by atoms with Crippen LogP contribution in [0.4, 0.5) is 11.5 Å². The van der Waals surface area contributed by atoms with Gasteiger partial charge in [-0.1, -0.05) is 19.4 Å². The van der Waals surface area contributed by atoms with Gasteiger partial charge >= 0.3 is 0 Å². The number of pyridine rings is 1. The second-order valence-corrected chi connectivity index (χ2v) is 5.37. The van der Waals surface area contributed by atoms with E-state index < -0.39 is 0 Å². The quantitative estimate of drug-likeness (QED) is 0.855. The highest BCUT2D eigenvalue weighted by molar-refractivity contribution is 7.10. The van der Waals surface area contributed by atoms with Crippen LogP contribution in [0, 0.1) is 6.92 Å². The van der Waals surface area contributed by atoms with Crippen LogP contribution in [0.3, 0.4) is 0 Å². The molecule has 0 aliphatic carbocycles. The molecule has 0 saturated heterocycles. The van der Waals surface area contributed by atoms with Crippen LogP contribution in [0.25, 0.3) is 0 Å². The first-order valence-electron chi connectivity index (χ1n) is 6.23. The molecule has 0 radical (unpaired) electrons. The molecule has 96 valence electrons. The van der Waals surface area contributed by atoms with Crippen LogP contribution in [0.15, 0.2) is 29.8 Å². The van der Waals surface area contributed by atoms with Crippen molar-refractivity contribution in [3.05, 3.63) is 40.2 Å². The Morgan fingerprint density at radius 3 is 2.94 bits per heavy atom. The summed E-state index contributed by atoms with van der Waals surface area (Å²) in [4.78, 5) is 5.67. The van der Waals surface area contributed by atoms with Crippen LogP contribution < -0.4 is 11.1 Å². The van der Waals surface area contributed by atoms with Crippen molar-refractivity contribution in [1.29, 1.82) is 0 Å². The van der Waals surface area contributed by atoms with E-state index >= 15 is 0 Å². The van der Waals surface area contributed by atoms with Crippen LogP contribution >= 0.6 is 11.3 Å². The highest BCUT2D eigenvalue weighted by atomic mass is 32.1. The van der Waals surface area contributed by atoms with Crippen molar-refractivity contribution in [2.24, 2.45) is 0 Å². The number of nitrogens with one attached hydrogen (secondary N) is 1. The van der Waals surface area contributed by atoms with Crippen molar-refractivity contribution in [2.75, 3.05) is 11.1 Å². The summed E-state index contributed by atoms with van der Waals surface area (Å²) in [5, 5.41) is 5.57. The molecule has 0 saturated carbocycles. The standard InChI is InChI=1S/C14H19N3S/c1-3-5-11(12-6-4-9-18-12)17-14-13(15)10(2)7-8-16-14/h4,6-9,11H,3,5,15H2,1-2H3,(H,16,17). The van der Waals surface area contributed by atoms with Gasteiger partial charge in [-0.15, -0.1) is 11.3 Å². The van der Waals surface area contributed by atoms with Crippen LogP contribution in [-0.2, 0) is 0 Å². The Balaban J connectivity index is 2.21. The minimum Gasteiger partial charge on any atom is -0.396 e. The van der Waals surface area contributed by atoms with Crippen LogP contribution in [0.2, 0.25) is 0 Å². The number of anilines is 2. The molecule has 2 aromatic rings. The fourth-order valence-electron chi connectivity index (χ4n) is 1.91. The predicted octanol–water partition coefficient (Wildman–Crippen LogP) is 3.99. The second-order valence-electron chi connectivity index (χ2n) is 4.39. The fraction of sp³-hybridized carbons (Fsp3) is 0.357. The zero-order chi connectivity index (χ0) is 13.0. The maximum absolute atomic E-state index is 6.06. The molecule has 18 heavy (non-hydrogen) atoms. The third kappa shape index (κ3) is 2.82. The topological polar surface area (TPSA) is 50.9 Å². The lowest BCUT2D eigenvalue weighted by Gasteiger charge is -2.19. The lowest BCUT2D eigenvalue weighted by Crippen LogP contribution is -2.12. The first-order valence-corrected chi connectivity index (χ1v) is 7.11. The van der Waals surface area contributed by atoms with Crippen LogP contribution in [0.5, 0.6) is 0 Å². The summed E-state index contributed by atoms with van der Waals surface area (Å²) in [6.07, 6.45) is 4.00. The molecule has 4 heteroatoms. The van der Waals surface area contributed by atoms with Crippen LogP contribution in [-0.4, -0.2) is 4.98 Å². The van der Waals surface area contributed by atoms with Crippen molar-refractivity contribution < 1.29 is 0 Å². The number of nitrogen functional groups attached to an aromatic ring is 1. The normalized spacial score (nSPS) is 12.3. The Labute approximate surface area is 112 Å². The Bertz CT molecular complexity index is 494. The smallest absolute Gasteiger partial charge is 0.149 e. The highest BCUT2D eigenvalue weighted by Gasteiger charge is 2.14. The van der Waals surface area contributed by atoms with Gasteiger partial charge in [0.25, 0.3) is 0 Å². The van der Waals surface area contributed by atoms with Crippen LogP contribution in [0.1, 0.15) is 36.2 Å². The molecule has 0 aliphatic heterocycles. The summed E-state index contributed by atoms with van der Waals surface area (Å²) in [5.74, 6) is 0.793. The molecule has 2 aromatic heterocycles. The third-order valence-electron chi connectivity index (χ3n) is 2.98. The van der Waals surface area contributed by atoms with E-state index in [4.69, 9.17) is 5.73 Å². The summed E-state index contributed by atoms with van der Waals surface area (Å²) in [7, 11) is 0. The van der Waals surface area contributed by atoms with E-state index in [-0.39, 0.29) is 0 Å². The van der Waals surface area contributed by atoms with E-state index in [0.29, 0.717) is 6.04 Å². The first kappa shape index (κ1) is 12.9. The number of aryl methyl sites for hydroxylation is 1. The van der Waals surface area contributed by atoms with Gasteiger partial charge in [0.15, 0.2) is 0 Å². The third-order valence-corrected chi connectivity index (χ3v) is 3.97. The number of hydrogen-bond donors (Lipinski definition) is 2. The largest absolute Gasteiger partial charge is 0.396 e. The predicted molar refractivity (Wildman–Crippen MR) is 79.0 cm³/mol. The molecule has 0 amide bonds. The van der Waals surface area contributed by atoms with Crippen molar-refractivity contribution in [2.45, 2.75) is 32.7 Å². The molecule has 0 aromatic carbocycles. The summed E-state index contributed by atoms with van der Waals surface area (Å²) < 4.78 is 0. The Morgan fingerprint density at radius 2 is 2.28 bits per heavy atom. The Hall–Kier alpha value is -1.55. The Kier molecular flexibility index (Phi) is 4.20. The van der Waals surface area contributed by atoms with Gasteiger partial charge in [0, 0.05) is 11.1 Å². The molecule has 1 unspecified atom stereocenters. The average molecular weight is 261 g/mol. The van der Waals surface area contributed by atoms with Gasteiger partial charge in [-0.05, 0) is 36.4 Å². The number of nitrogens with two attached hydrogens (primary N) is 1. The van der Waals surface area contributed by atoms with E-state index in [0.717, 1.165) is 29.9 Å². The number of hydrogen-bond acceptors (Lipinski definition) is 4. The first-order chi connectivity index (χ1) is 8.72. The zero-order valence-electron chi connectivity index (χ0n) is 10.8. The minimum absolute atomic E-state index is 0.298. The summed E-state index contributed by atoms with van der Waals surface area (Å²) in [5.41, 5.74) is 7.87. The lowest BCUT2D eigenvalue weighted by atomic mass is 10.1. The highest BCUT2D eigenvalue weighted by Crippen LogP contribution is 2.29. The number of aromatic nitrogens is 1. The van der Waals surface area contributed by atoms with Gasteiger partial charge in [-0.25, -0.2) is 4.98 Å². The maximum Gasteiger partial charge on any atom is 0.149 e. The summed E-state index contributed by atoms with van der Waals surface area (Å²) in [6.45, 7) is 4.19. The molecule has 0 aliphatic rings. The van der Waals surface area contributed by atoms with E-state index in [1.807, 2.05) is 13.0 Å². The number of nitrogens with zero attached hydrogens (tertiary/aromatic N) is 1. The zero-order valence-corrected chi connectivity index (χ0v) is 11.6. The monoisotopic (exact) mass is 261 g/mol. The molecule has 0 fully saturated rings. The molecule has 2 rings (SSSR count). The molecule has 1 atom stereocenters. The Morgan fingerprint density at radius 1 is 1.44 bits per heavy atom. The van der Waals surface area contributed by atoms with Gasteiger partial charge in [0.1, 0.15) is 5.82 Å². The molecule has 0 bridgehead atoms. The minimum atomic E-state index is 0.298. The molecule has 2 heterocycles. The number of thiophene rings is 1. The van der Waals surface area contributed by atoms with Crippen molar-refractivity contribution in [3.63, 3.8) is 0 Å². The van der Waals surface area contributed by atoms with Gasteiger partial charge in [-0.3, -0.25) is 0 Å². The second kappa shape index (κ2) is 5.87. The molecular weight excluding hydrogens is 242 g/mol. The van der Waals surface area contributed by atoms with E-state index in [9.17, 15) is 0 Å². The average Bonchev–Trinajstić information content (AvgIpc) is 2.88. The van der Waals surface area contributed by atoms with Gasteiger partial charge in [0.05, 0.1) is 11.7 Å². The van der Waals surface area contributed by atoms with Gasteiger partial charge in [-0.2, -0.15) is 0 Å². The summed E-state index contributed by atoms with van der Waals surface area (Å²) >= 11 is 1.77. The van der Waals surface area contributed by atoms with E-state index in [1.54, 1.807) is 17.5 Å². The SMILES string of the molecule is CCCC(Nc1nccc(C)c1N)c1cccs1. The molecular formula is C14H19N3S. The lowest BCUT2D eigenvalue weighted by molar-refractivity contribution is 0.685. The van der Waals surface area contributed by atoms with Gasteiger partial charge < -0.3 is 11.1 Å². The maximum atomic E-state index is 6.06. The molecule has 0 spiro atoms. The van der Waals surface area contributed by atoms with E-state index in [2.05, 4.69) is 34.7 Å². The summed E-state index contributed by atoms with van der Waals surface area (Å²) in [6, 6.07) is 6.47. The fourth-order valence-corrected chi connectivity index (χ4v) is 2.73. The van der Waals surface area contributed by atoms with Crippen molar-refractivity contribution >= 4 is 22.8 Å². The van der Waals surface area contributed by atoms with Crippen molar-refractivity contribution in [1.82, 2.24) is 4.98 Å². The molecule has 3 nitrogen and oxygen atoms in total. The molecule has 3 N–H and O–H groups in total. The van der Waals surface area contributed by atoms with Gasteiger partial charge in [0.2, 0.25) is 0 Å². The van der Waals surface area contributed by atoms with E-state index in [1.165, 1.54) is 4.88 Å². The number of rotatable bonds is 5. The van der Waals surface area contributed by atoms with Crippen molar-refractivity contribution in [3.8, 4) is 0 Å².